The number of benzene rings is 2. The van der Waals surface area contributed by atoms with E-state index in [-0.39, 0.29) is 5.91 Å². The molecule has 0 radical (unpaired) electrons. The molecule has 1 atom stereocenters. The van der Waals surface area contributed by atoms with E-state index in [1.54, 1.807) is 16.8 Å². The molecular formula is C25H26ClN5O2. The summed E-state index contributed by atoms with van der Waals surface area (Å²) in [5, 5.41) is 13.3. The molecule has 7 nitrogen and oxygen atoms in total. The average molecular weight is 464 g/mol. The van der Waals surface area contributed by atoms with Gasteiger partial charge in [0.1, 0.15) is 6.04 Å². The quantitative estimate of drug-likeness (QED) is 0.448. The van der Waals surface area contributed by atoms with E-state index in [1.165, 1.54) is 4.68 Å². The lowest BCUT2D eigenvalue weighted by Crippen LogP contribution is -2.35. The first-order valence-electron chi connectivity index (χ1n) is 10.8. The molecule has 0 bridgehead atoms. The molecule has 0 spiro atoms. The number of aromatic nitrogens is 4. The number of rotatable bonds is 5. The Morgan fingerprint density at radius 2 is 1.76 bits per heavy atom. The topological polar surface area (TPSA) is 81.8 Å². The van der Waals surface area contributed by atoms with Crippen molar-refractivity contribution in [2.24, 2.45) is 0 Å². The number of amides is 1. The van der Waals surface area contributed by atoms with E-state index in [9.17, 15) is 9.59 Å². The first-order chi connectivity index (χ1) is 15.7. The second-order valence-corrected chi connectivity index (χ2v) is 8.70. The molecule has 1 N–H and O–H groups in total. The van der Waals surface area contributed by atoms with Gasteiger partial charge in [-0.25, -0.2) is 9.36 Å². The Bertz CT molecular complexity index is 1420. The number of carbonyl (C=O) groups is 1. The lowest BCUT2D eigenvalue weighted by molar-refractivity contribution is -0.119. The zero-order chi connectivity index (χ0) is 23.9. The average Bonchev–Trinajstić information content (AvgIpc) is 3.13. The van der Waals surface area contributed by atoms with Crippen LogP contribution in [0.5, 0.6) is 0 Å². The summed E-state index contributed by atoms with van der Waals surface area (Å²) in [7, 11) is 0. The lowest BCUT2D eigenvalue weighted by atomic mass is 10.1. The summed E-state index contributed by atoms with van der Waals surface area (Å²) in [5.41, 5.74) is 4.86. The lowest BCUT2D eigenvalue weighted by Gasteiger charge is -2.18. The van der Waals surface area contributed by atoms with Crippen LogP contribution < -0.4 is 10.9 Å². The highest BCUT2D eigenvalue weighted by Gasteiger charge is 2.25. The zero-order valence-electron chi connectivity index (χ0n) is 19.3. The van der Waals surface area contributed by atoms with Gasteiger partial charge in [0.15, 0.2) is 5.52 Å². The number of nitrogens with one attached hydrogen (secondary N) is 1. The molecule has 33 heavy (non-hydrogen) atoms. The molecule has 2 aromatic heterocycles. The maximum atomic E-state index is 13.4. The molecule has 0 saturated carbocycles. The van der Waals surface area contributed by atoms with Gasteiger partial charge in [0.05, 0.1) is 22.5 Å². The summed E-state index contributed by atoms with van der Waals surface area (Å²) >= 11 is 6.09. The van der Waals surface area contributed by atoms with Gasteiger partial charge < -0.3 is 5.32 Å². The largest absolute Gasteiger partial charge is 0.324 e. The van der Waals surface area contributed by atoms with Crippen molar-refractivity contribution in [1.29, 1.82) is 0 Å². The van der Waals surface area contributed by atoms with Crippen LogP contribution in [-0.4, -0.2) is 25.5 Å². The number of hydrogen-bond donors (Lipinski definition) is 1. The van der Waals surface area contributed by atoms with E-state index >= 15 is 0 Å². The summed E-state index contributed by atoms with van der Waals surface area (Å²) in [6.07, 6.45) is 0.390. The monoisotopic (exact) mass is 463 g/mol. The maximum absolute atomic E-state index is 13.4. The van der Waals surface area contributed by atoms with Crippen molar-refractivity contribution in [3.05, 3.63) is 80.4 Å². The molecule has 4 rings (SSSR count). The fourth-order valence-corrected chi connectivity index (χ4v) is 4.19. The smallest absolute Gasteiger partial charge is 0.295 e. The van der Waals surface area contributed by atoms with Crippen LogP contribution in [0.15, 0.2) is 47.3 Å². The van der Waals surface area contributed by atoms with Crippen molar-refractivity contribution in [2.75, 3.05) is 5.32 Å². The number of aryl methyl sites for hydroxylation is 4. The number of halogens is 1. The van der Waals surface area contributed by atoms with E-state index in [2.05, 4.69) is 15.5 Å². The van der Waals surface area contributed by atoms with E-state index < -0.39 is 11.6 Å². The Morgan fingerprint density at radius 3 is 2.42 bits per heavy atom. The Kier molecular flexibility index (Phi) is 6.08. The predicted molar refractivity (Wildman–Crippen MR) is 131 cm³/mol. The molecule has 2 aromatic carbocycles. The number of carbonyl (C=O) groups excluding carboxylic acids is 1. The normalized spacial score (nSPS) is 12.2. The van der Waals surface area contributed by atoms with Gasteiger partial charge in [-0.15, -0.1) is 0 Å². The molecule has 2 heterocycles. The third-order valence-electron chi connectivity index (χ3n) is 5.87. The van der Waals surface area contributed by atoms with Crippen molar-refractivity contribution < 1.29 is 4.79 Å². The molecule has 0 unspecified atom stereocenters. The van der Waals surface area contributed by atoms with E-state index in [0.29, 0.717) is 33.7 Å². The molecule has 1 amide bonds. The Balaban J connectivity index is 1.79. The third kappa shape index (κ3) is 4.16. The zero-order valence-corrected chi connectivity index (χ0v) is 20.1. The first kappa shape index (κ1) is 22.7. The first-order valence-corrected chi connectivity index (χ1v) is 11.2. The standard InChI is InChI=1S/C25H26ClN5O2/c1-6-21(24(32)27-20-13-18(26)10-9-15(20)3)31-25(33)23-22(16(4)28-31)17(5)30(29-23)19-11-7-14(2)8-12-19/h7-13,21H,6H2,1-5H3,(H,27,32)/t21-/m0/s1. The van der Waals surface area contributed by atoms with E-state index in [0.717, 1.165) is 22.5 Å². The summed E-state index contributed by atoms with van der Waals surface area (Å²) in [5.74, 6) is -0.328. The number of fused-ring (bicyclic) bond motifs is 1. The van der Waals surface area contributed by atoms with Crippen LogP contribution in [-0.2, 0) is 4.79 Å². The van der Waals surface area contributed by atoms with Crippen LogP contribution in [0.1, 0.15) is 41.9 Å². The van der Waals surface area contributed by atoms with Gasteiger partial charge in [0, 0.05) is 10.7 Å². The fourth-order valence-electron chi connectivity index (χ4n) is 4.01. The van der Waals surface area contributed by atoms with E-state index in [1.807, 2.05) is 65.0 Å². The molecule has 0 saturated heterocycles. The minimum atomic E-state index is -0.788. The highest BCUT2D eigenvalue weighted by molar-refractivity contribution is 6.31. The van der Waals surface area contributed by atoms with Crippen LogP contribution >= 0.6 is 11.6 Å². The van der Waals surface area contributed by atoms with Crippen molar-refractivity contribution in [3.63, 3.8) is 0 Å². The van der Waals surface area contributed by atoms with Gasteiger partial charge in [0.2, 0.25) is 5.91 Å². The Hall–Kier alpha value is -3.45. The van der Waals surface area contributed by atoms with Gasteiger partial charge in [-0.05, 0) is 63.9 Å². The SMILES string of the molecule is CC[C@@H](C(=O)Nc1cc(Cl)ccc1C)n1nc(C)c2c(C)n(-c3ccc(C)cc3)nc2c1=O. The Morgan fingerprint density at radius 1 is 1.06 bits per heavy atom. The summed E-state index contributed by atoms with van der Waals surface area (Å²) in [6.45, 7) is 9.49. The van der Waals surface area contributed by atoms with Gasteiger partial charge >= 0.3 is 0 Å². The summed E-state index contributed by atoms with van der Waals surface area (Å²) < 4.78 is 3.00. The molecule has 4 aromatic rings. The number of hydrogen-bond acceptors (Lipinski definition) is 4. The molecule has 8 heteroatoms. The second-order valence-electron chi connectivity index (χ2n) is 8.26. The van der Waals surface area contributed by atoms with Crippen molar-refractivity contribution >= 4 is 34.1 Å². The predicted octanol–water partition coefficient (Wildman–Crippen LogP) is 5.06. The Labute approximate surface area is 197 Å². The molecule has 0 fully saturated rings. The van der Waals surface area contributed by atoms with Crippen LogP contribution in [0.25, 0.3) is 16.6 Å². The molecule has 0 aliphatic carbocycles. The maximum Gasteiger partial charge on any atom is 0.295 e. The number of anilines is 1. The third-order valence-corrected chi connectivity index (χ3v) is 6.10. The van der Waals surface area contributed by atoms with Gasteiger partial charge in [-0.3, -0.25) is 9.59 Å². The molecule has 0 aliphatic rings. The fraction of sp³-hybridized carbons (Fsp3) is 0.280. The van der Waals surface area contributed by atoms with Crippen LogP contribution in [0.4, 0.5) is 5.69 Å². The minimum Gasteiger partial charge on any atom is -0.324 e. The van der Waals surface area contributed by atoms with Crippen LogP contribution in [0.3, 0.4) is 0 Å². The molecule has 0 aliphatic heterocycles. The van der Waals surface area contributed by atoms with Crippen molar-refractivity contribution in [2.45, 2.75) is 47.1 Å². The van der Waals surface area contributed by atoms with Crippen LogP contribution in [0.2, 0.25) is 5.02 Å². The van der Waals surface area contributed by atoms with Gasteiger partial charge in [0.25, 0.3) is 5.56 Å². The van der Waals surface area contributed by atoms with Crippen molar-refractivity contribution in [1.82, 2.24) is 19.6 Å². The summed E-state index contributed by atoms with van der Waals surface area (Å²) in [4.78, 5) is 26.6. The van der Waals surface area contributed by atoms with E-state index in [4.69, 9.17) is 11.6 Å². The number of nitrogens with zero attached hydrogens (tertiary/aromatic N) is 4. The summed E-state index contributed by atoms with van der Waals surface area (Å²) in [6, 6.07) is 12.4. The molecule has 170 valence electrons. The van der Waals surface area contributed by atoms with Crippen LogP contribution in [0, 0.1) is 27.7 Å². The highest BCUT2D eigenvalue weighted by atomic mass is 35.5. The van der Waals surface area contributed by atoms with Gasteiger partial charge in [-0.2, -0.15) is 10.2 Å². The van der Waals surface area contributed by atoms with Gasteiger partial charge in [-0.1, -0.05) is 42.3 Å². The minimum absolute atomic E-state index is 0.297. The molecular weight excluding hydrogens is 438 g/mol. The highest BCUT2D eigenvalue weighted by Crippen LogP contribution is 2.24. The van der Waals surface area contributed by atoms with Crippen molar-refractivity contribution in [3.8, 4) is 5.69 Å². The second kappa shape index (κ2) is 8.83.